The normalized spacial score (nSPS) is 19.1. The number of anilines is 1. The van der Waals surface area contributed by atoms with Gasteiger partial charge in [-0.25, -0.2) is 19.3 Å². The van der Waals surface area contributed by atoms with Crippen LogP contribution in [0.5, 0.6) is 0 Å². The largest absolute Gasteiger partial charge is 0.365 e. The predicted octanol–water partition coefficient (Wildman–Crippen LogP) is 3.43. The van der Waals surface area contributed by atoms with Crippen LogP contribution in [0.4, 0.5) is 15.9 Å². The molecule has 9 nitrogen and oxygen atoms in total. The molecular weight excluding hydrogens is 379 g/mol. The lowest BCUT2D eigenvalue weighted by Crippen LogP contribution is -2.39. The summed E-state index contributed by atoms with van der Waals surface area (Å²) in [6, 6.07) is 3.02. The summed E-state index contributed by atoms with van der Waals surface area (Å²) >= 11 is 0. The van der Waals surface area contributed by atoms with E-state index in [-0.39, 0.29) is 11.7 Å². The first-order valence-electron chi connectivity index (χ1n) is 9.54. The molecule has 2 aliphatic rings. The minimum atomic E-state index is -0.457. The molecule has 0 aromatic carbocycles. The van der Waals surface area contributed by atoms with Gasteiger partial charge in [0.05, 0.1) is 25.6 Å². The van der Waals surface area contributed by atoms with Crippen LogP contribution < -0.4 is 5.32 Å². The summed E-state index contributed by atoms with van der Waals surface area (Å²) in [6.45, 7) is 1.26. The molecule has 4 heterocycles. The van der Waals surface area contributed by atoms with Crippen LogP contribution in [0.1, 0.15) is 25.7 Å². The molecule has 2 fully saturated rings. The smallest absolute Gasteiger partial charge is 0.180 e. The lowest BCUT2D eigenvalue weighted by Gasteiger charge is -2.35. The van der Waals surface area contributed by atoms with E-state index in [4.69, 9.17) is 9.47 Å². The highest BCUT2D eigenvalue weighted by atomic mass is 19.1. The zero-order chi connectivity index (χ0) is 19.8. The van der Waals surface area contributed by atoms with Gasteiger partial charge >= 0.3 is 0 Å². The van der Waals surface area contributed by atoms with Crippen molar-refractivity contribution in [3.8, 4) is 11.5 Å². The van der Waals surface area contributed by atoms with Crippen molar-refractivity contribution >= 4 is 17.2 Å². The third-order valence-electron chi connectivity index (χ3n) is 5.47. The first-order valence-corrected chi connectivity index (χ1v) is 9.54. The molecule has 150 valence electrons. The summed E-state index contributed by atoms with van der Waals surface area (Å²) in [4.78, 5) is 24.2. The van der Waals surface area contributed by atoms with Gasteiger partial charge in [0.2, 0.25) is 0 Å². The summed E-state index contributed by atoms with van der Waals surface area (Å²) in [7, 11) is 0. The van der Waals surface area contributed by atoms with E-state index < -0.39 is 11.6 Å². The van der Waals surface area contributed by atoms with Crippen LogP contribution in [0.15, 0.2) is 35.9 Å². The molecule has 1 aliphatic heterocycles. The quantitative estimate of drug-likeness (QED) is 0.672. The first kappa shape index (κ1) is 18.1. The Kier molecular flexibility index (Phi) is 4.44. The molecule has 1 N–H and O–H groups in total. The molecule has 3 aromatic heterocycles. The maximum absolute atomic E-state index is 13.7. The average molecular weight is 398 g/mol. The highest BCUT2D eigenvalue weighted by Crippen LogP contribution is 2.37. The summed E-state index contributed by atoms with van der Waals surface area (Å²) in [6.07, 6.45) is 7.45. The van der Waals surface area contributed by atoms with Crippen LogP contribution in [0.3, 0.4) is 0 Å². The number of hydrogen-bond donors (Lipinski definition) is 1. The Morgan fingerprint density at radius 3 is 2.72 bits per heavy atom. The first-order chi connectivity index (χ1) is 14.2. The number of nitrogens with zero attached hydrogens (tertiary/aromatic N) is 5. The third kappa shape index (κ3) is 3.34. The van der Waals surface area contributed by atoms with E-state index >= 15 is 0 Å². The number of imidazole rings is 1. The van der Waals surface area contributed by atoms with E-state index in [2.05, 4.69) is 25.4 Å². The lowest BCUT2D eigenvalue weighted by molar-refractivity contribution is -0.177. The van der Waals surface area contributed by atoms with E-state index in [0.29, 0.717) is 36.2 Å². The second kappa shape index (κ2) is 7.12. The molecule has 1 aliphatic carbocycles. The minimum Gasteiger partial charge on any atom is -0.365 e. The summed E-state index contributed by atoms with van der Waals surface area (Å²) in [5.74, 6) is -0.173. The molecule has 0 unspecified atom stereocenters. The number of nitrogens with one attached hydrogen (secondary N) is 1. The van der Waals surface area contributed by atoms with Crippen molar-refractivity contribution in [3.05, 3.63) is 41.4 Å². The van der Waals surface area contributed by atoms with Crippen LogP contribution >= 0.6 is 0 Å². The van der Waals surface area contributed by atoms with Crippen molar-refractivity contribution in [3.63, 3.8) is 0 Å². The summed E-state index contributed by atoms with van der Waals surface area (Å²) in [5.41, 5.74) is 1.23. The minimum absolute atomic E-state index is 0.108. The third-order valence-corrected chi connectivity index (χ3v) is 5.47. The molecule has 0 amide bonds. The molecule has 0 atom stereocenters. The SMILES string of the molecule is O=Nc1cnc(-c2cnc3ccc(F)cn23)nc1NC1CCC2(CC1)OCCO2. The van der Waals surface area contributed by atoms with Gasteiger partial charge < -0.3 is 14.8 Å². The number of fused-ring (bicyclic) bond motifs is 1. The zero-order valence-electron chi connectivity index (χ0n) is 15.5. The summed E-state index contributed by atoms with van der Waals surface area (Å²) in [5, 5.41) is 6.35. The Labute approximate surface area is 165 Å². The molecule has 1 spiro atoms. The fraction of sp³-hybridized carbons (Fsp3) is 0.421. The molecule has 3 aromatic rings. The van der Waals surface area contributed by atoms with Gasteiger partial charge in [-0.1, -0.05) is 0 Å². The second-order valence-corrected chi connectivity index (χ2v) is 7.26. The predicted molar refractivity (Wildman–Crippen MR) is 102 cm³/mol. The van der Waals surface area contributed by atoms with Gasteiger partial charge in [-0.2, -0.15) is 0 Å². The van der Waals surface area contributed by atoms with Crippen molar-refractivity contribution in [2.24, 2.45) is 5.18 Å². The van der Waals surface area contributed by atoms with Crippen molar-refractivity contribution in [1.29, 1.82) is 0 Å². The number of halogens is 1. The Hall–Kier alpha value is -2.98. The van der Waals surface area contributed by atoms with Gasteiger partial charge in [0.1, 0.15) is 17.2 Å². The molecule has 1 saturated heterocycles. The molecule has 5 rings (SSSR count). The maximum atomic E-state index is 13.7. The molecule has 0 bridgehead atoms. The van der Waals surface area contributed by atoms with Gasteiger partial charge in [0, 0.05) is 25.1 Å². The Balaban J connectivity index is 1.41. The van der Waals surface area contributed by atoms with Crippen molar-refractivity contribution in [2.45, 2.75) is 37.5 Å². The maximum Gasteiger partial charge on any atom is 0.180 e. The number of rotatable bonds is 4. The van der Waals surface area contributed by atoms with Crippen molar-refractivity contribution < 1.29 is 13.9 Å². The topological polar surface area (TPSA) is 103 Å². The highest BCUT2D eigenvalue weighted by Gasteiger charge is 2.40. The van der Waals surface area contributed by atoms with Crippen LogP contribution in [-0.4, -0.2) is 44.4 Å². The lowest BCUT2D eigenvalue weighted by atomic mass is 9.90. The molecule has 29 heavy (non-hydrogen) atoms. The van der Waals surface area contributed by atoms with Crippen LogP contribution in [0.25, 0.3) is 17.2 Å². The molecule has 0 radical (unpaired) electrons. The van der Waals surface area contributed by atoms with E-state index in [0.717, 1.165) is 25.7 Å². The Morgan fingerprint density at radius 1 is 1.17 bits per heavy atom. The van der Waals surface area contributed by atoms with Gasteiger partial charge in [-0.05, 0) is 30.2 Å². The second-order valence-electron chi connectivity index (χ2n) is 7.26. The standard InChI is InChI=1S/C19H19FN6O3/c20-12-1-2-16-21-10-15(26(16)11-12)18-22-9-14(25-27)17(24-18)23-13-3-5-19(6-4-13)28-7-8-29-19/h1-2,9-11,13H,3-8H2,(H,22,23,24). The number of nitroso groups, excluding NO2 is 1. The number of pyridine rings is 1. The number of aromatic nitrogens is 4. The van der Waals surface area contributed by atoms with Crippen molar-refractivity contribution in [2.75, 3.05) is 18.5 Å². The fourth-order valence-corrected chi connectivity index (χ4v) is 3.97. The highest BCUT2D eigenvalue weighted by molar-refractivity contribution is 5.65. The molecule has 1 saturated carbocycles. The summed E-state index contributed by atoms with van der Waals surface area (Å²) < 4.78 is 26.8. The van der Waals surface area contributed by atoms with E-state index in [1.165, 1.54) is 18.5 Å². The number of hydrogen-bond acceptors (Lipinski definition) is 8. The van der Waals surface area contributed by atoms with Crippen molar-refractivity contribution in [1.82, 2.24) is 19.4 Å². The zero-order valence-corrected chi connectivity index (χ0v) is 15.5. The van der Waals surface area contributed by atoms with E-state index in [1.54, 1.807) is 16.7 Å². The molecule has 10 heteroatoms. The van der Waals surface area contributed by atoms with Gasteiger partial charge in [0.15, 0.2) is 23.1 Å². The average Bonchev–Trinajstić information content (AvgIpc) is 3.37. The Morgan fingerprint density at radius 2 is 1.97 bits per heavy atom. The molecular formula is C19H19FN6O3. The Bertz CT molecular complexity index is 1060. The van der Waals surface area contributed by atoms with Gasteiger partial charge in [0.25, 0.3) is 0 Å². The van der Waals surface area contributed by atoms with Crippen LogP contribution in [0, 0.1) is 10.7 Å². The van der Waals surface area contributed by atoms with E-state index in [1.807, 2.05) is 0 Å². The van der Waals surface area contributed by atoms with Crippen LogP contribution in [-0.2, 0) is 9.47 Å². The van der Waals surface area contributed by atoms with Gasteiger partial charge in [-0.15, -0.1) is 4.91 Å². The number of ether oxygens (including phenoxy) is 2. The van der Waals surface area contributed by atoms with E-state index in [9.17, 15) is 9.30 Å². The van der Waals surface area contributed by atoms with Gasteiger partial charge in [-0.3, -0.25) is 4.40 Å². The fourth-order valence-electron chi connectivity index (χ4n) is 3.97. The van der Waals surface area contributed by atoms with Crippen LogP contribution in [0.2, 0.25) is 0 Å². The monoisotopic (exact) mass is 398 g/mol.